The third-order valence-corrected chi connectivity index (χ3v) is 3.75. The summed E-state index contributed by atoms with van der Waals surface area (Å²) in [4.78, 5) is 23.5. The molecule has 1 N–H and O–H groups in total. The quantitative estimate of drug-likeness (QED) is 0.509. The zero-order chi connectivity index (χ0) is 17.7. The summed E-state index contributed by atoms with van der Waals surface area (Å²) in [6, 6.07) is 4.70. The number of ether oxygens (including phenoxy) is 2. The van der Waals surface area contributed by atoms with E-state index in [4.69, 9.17) is 9.47 Å². The van der Waals surface area contributed by atoms with Gasteiger partial charge in [-0.1, -0.05) is 20.4 Å². The fourth-order valence-electron chi connectivity index (χ4n) is 2.37. The number of hydrogen-bond donors (Lipinski definition) is 1. The van der Waals surface area contributed by atoms with Gasteiger partial charge in [0, 0.05) is 17.6 Å². The molecule has 1 aliphatic carbocycles. The Labute approximate surface area is 140 Å². The van der Waals surface area contributed by atoms with Gasteiger partial charge in [-0.2, -0.15) is 0 Å². The van der Waals surface area contributed by atoms with Crippen LogP contribution in [0.1, 0.15) is 25.8 Å². The van der Waals surface area contributed by atoms with Crippen molar-refractivity contribution < 1.29 is 24.2 Å². The summed E-state index contributed by atoms with van der Waals surface area (Å²) in [5.41, 5.74) is 1.21. The summed E-state index contributed by atoms with van der Waals surface area (Å²) in [6.07, 6.45) is 5.33. The maximum atomic E-state index is 12.3. The molecule has 0 aromatic heterocycles. The molecule has 1 aromatic carbocycles. The van der Waals surface area contributed by atoms with Crippen LogP contribution in [0.3, 0.4) is 0 Å². The number of aromatic hydroxyl groups is 1. The van der Waals surface area contributed by atoms with E-state index in [9.17, 15) is 14.7 Å². The highest BCUT2D eigenvalue weighted by atomic mass is 16.5. The van der Waals surface area contributed by atoms with Gasteiger partial charge in [0.1, 0.15) is 17.3 Å². The molecular formula is C19H20O5. The van der Waals surface area contributed by atoms with Gasteiger partial charge < -0.3 is 14.6 Å². The maximum Gasteiger partial charge on any atom is 0.339 e. The second-order valence-corrected chi connectivity index (χ2v) is 5.52. The second kappa shape index (κ2) is 7.64. The van der Waals surface area contributed by atoms with Crippen LogP contribution in [-0.4, -0.2) is 17.0 Å². The van der Waals surface area contributed by atoms with E-state index in [1.54, 1.807) is 24.3 Å². The third-order valence-electron chi connectivity index (χ3n) is 3.75. The van der Waals surface area contributed by atoms with Gasteiger partial charge >= 0.3 is 11.9 Å². The monoisotopic (exact) mass is 328 g/mol. The molecule has 1 aliphatic rings. The van der Waals surface area contributed by atoms with Crippen LogP contribution in [0, 0.1) is 5.92 Å². The van der Waals surface area contributed by atoms with Crippen LogP contribution in [0.4, 0.5) is 0 Å². The molecule has 1 aromatic rings. The van der Waals surface area contributed by atoms with Crippen molar-refractivity contribution in [3.8, 4) is 11.5 Å². The zero-order valence-corrected chi connectivity index (χ0v) is 13.7. The van der Waals surface area contributed by atoms with E-state index < -0.39 is 11.9 Å². The number of hydrogen-bond acceptors (Lipinski definition) is 5. The van der Waals surface area contributed by atoms with Gasteiger partial charge in [-0.05, 0) is 48.8 Å². The molecule has 126 valence electrons. The molecule has 0 heterocycles. The van der Waals surface area contributed by atoms with Gasteiger partial charge in [0.2, 0.25) is 0 Å². The van der Waals surface area contributed by atoms with E-state index in [-0.39, 0.29) is 11.7 Å². The van der Waals surface area contributed by atoms with Gasteiger partial charge in [-0.3, -0.25) is 0 Å². The minimum Gasteiger partial charge on any atom is -0.508 e. The molecule has 24 heavy (non-hydrogen) atoms. The molecule has 0 amide bonds. The van der Waals surface area contributed by atoms with Gasteiger partial charge in [-0.15, -0.1) is 0 Å². The van der Waals surface area contributed by atoms with Crippen molar-refractivity contribution in [3.63, 3.8) is 0 Å². The summed E-state index contributed by atoms with van der Waals surface area (Å²) in [6.45, 7) is 7.12. The molecule has 0 aliphatic heterocycles. The second-order valence-electron chi connectivity index (χ2n) is 5.52. The van der Waals surface area contributed by atoms with Gasteiger partial charge in [0.25, 0.3) is 0 Å². The molecule has 0 bridgehead atoms. The number of allylic oxidation sites excluding steroid dienone is 3. The van der Waals surface area contributed by atoms with Crippen molar-refractivity contribution in [3.05, 3.63) is 59.9 Å². The van der Waals surface area contributed by atoms with E-state index in [2.05, 4.69) is 6.58 Å². The molecule has 0 spiro atoms. The summed E-state index contributed by atoms with van der Waals surface area (Å²) in [7, 11) is 0. The molecule has 5 nitrogen and oxygen atoms in total. The van der Waals surface area contributed by atoms with Crippen molar-refractivity contribution in [1.29, 1.82) is 0 Å². The minimum atomic E-state index is -0.524. The van der Waals surface area contributed by atoms with E-state index in [0.29, 0.717) is 35.5 Å². The summed E-state index contributed by atoms with van der Waals surface area (Å²) in [5, 5.41) is 9.67. The normalized spacial score (nSPS) is 16.7. The number of carbonyl (C=O) groups is 2. The highest BCUT2D eigenvalue weighted by molar-refractivity contribution is 5.91. The van der Waals surface area contributed by atoms with Crippen molar-refractivity contribution in [1.82, 2.24) is 0 Å². The Morgan fingerprint density at radius 3 is 2.71 bits per heavy atom. The molecule has 1 atom stereocenters. The number of rotatable bonds is 5. The Hall–Kier alpha value is -2.82. The fourth-order valence-corrected chi connectivity index (χ4v) is 2.37. The SMILES string of the molecule is C=CC(=O)OC1=CC=C(C(=O)Oc2ccc(O)c(CC)c2)CC1C. The number of esters is 2. The van der Waals surface area contributed by atoms with E-state index >= 15 is 0 Å². The molecule has 0 saturated heterocycles. The number of benzene rings is 1. The molecular weight excluding hydrogens is 308 g/mol. The molecule has 1 unspecified atom stereocenters. The van der Waals surface area contributed by atoms with Gasteiger partial charge in [0.15, 0.2) is 0 Å². The molecule has 2 rings (SSSR count). The Bertz CT molecular complexity index is 727. The molecule has 0 saturated carbocycles. The fraction of sp³-hybridized carbons (Fsp3) is 0.263. The van der Waals surface area contributed by atoms with Gasteiger partial charge in [0.05, 0.1) is 0 Å². The Kier molecular flexibility index (Phi) is 5.58. The van der Waals surface area contributed by atoms with E-state index in [0.717, 1.165) is 6.08 Å². The van der Waals surface area contributed by atoms with Crippen molar-refractivity contribution in [2.45, 2.75) is 26.7 Å². The number of phenolic OH excluding ortho intramolecular Hbond substituents is 1. The van der Waals surface area contributed by atoms with Crippen LogP contribution < -0.4 is 4.74 Å². The lowest BCUT2D eigenvalue weighted by Gasteiger charge is -2.20. The Balaban J connectivity index is 2.10. The van der Waals surface area contributed by atoms with Crippen LogP contribution >= 0.6 is 0 Å². The van der Waals surface area contributed by atoms with Crippen LogP contribution in [0.5, 0.6) is 11.5 Å². The lowest BCUT2D eigenvalue weighted by Crippen LogP contribution is -2.18. The number of aryl methyl sites for hydroxylation is 1. The third kappa shape index (κ3) is 4.13. The number of phenols is 1. The van der Waals surface area contributed by atoms with Crippen LogP contribution in [0.15, 0.2) is 54.3 Å². The molecule has 5 heteroatoms. The summed E-state index contributed by atoms with van der Waals surface area (Å²) >= 11 is 0. The summed E-state index contributed by atoms with van der Waals surface area (Å²) in [5.74, 6) is -0.0408. The largest absolute Gasteiger partial charge is 0.508 e. The zero-order valence-electron chi connectivity index (χ0n) is 13.7. The van der Waals surface area contributed by atoms with Crippen LogP contribution in [0.25, 0.3) is 0 Å². The predicted octanol–water partition coefficient (Wildman–Crippen LogP) is 3.44. The van der Waals surface area contributed by atoms with E-state index in [1.807, 2.05) is 13.8 Å². The topological polar surface area (TPSA) is 72.8 Å². The number of carbonyl (C=O) groups excluding carboxylic acids is 2. The van der Waals surface area contributed by atoms with Crippen LogP contribution in [-0.2, 0) is 20.7 Å². The first-order valence-electron chi connectivity index (χ1n) is 7.73. The van der Waals surface area contributed by atoms with Crippen molar-refractivity contribution in [2.24, 2.45) is 5.92 Å². The standard InChI is InChI=1S/C19H20O5/c1-4-13-11-15(7-8-16(13)20)23-19(22)14-6-9-17(12(3)10-14)24-18(21)5-2/h5-9,11-12,20H,2,4,10H2,1,3H3. The maximum absolute atomic E-state index is 12.3. The average Bonchev–Trinajstić information content (AvgIpc) is 2.58. The van der Waals surface area contributed by atoms with Crippen molar-refractivity contribution in [2.75, 3.05) is 0 Å². The summed E-state index contributed by atoms with van der Waals surface area (Å²) < 4.78 is 10.5. The first-order valence-corrected chi connectivity index (χ1v) is 7.73. The lowest BCUT2D eigenvalue weighted by atomic mass is 9.94. The van der Waals surface area contributed by atoms with Crippen LogP contribution in [0.2, 0.25) is 0 Å². The first-order chi connectivity index (χ1) is 11.4. The average molecular weight is 328 g/mol. The predicted molar refractivity (Wildman–Crippen MR) is 89.4 cm³/mol. The minimum absolute atomic E-state index is 0.118. The van der Waals surface area contributed by atoms with E-state index in [1.165, 1.54) is 6.07 Å². The first kappa shape index (κ1) is 17.5. The Morgan fingerprint density at radius 2 is 2.08 bits per heavy atom. The van der Waals surface area contributed by atoms with Gasteiger partial charge in [-0.25, -0.2) is 9.59 Å². The lowest BCUT2D eigenvalue weighted by molar-refractivity contribution is -0.134. The smallest absolute Gasteiger partial charge is 0.339 e. The molecule has 0 fully saturated rings. The highest BCUT2D eigenvalue weighted by Crippen LogP contribution is 2.28. The Morgan fingerprint density at radius 1 is 1.33 bits per heavy atom. The highest BCUT2D eigenvalue weighted by Gasteiger charge is 2.23. The molecule has 0 radical (unpaired) electrons. The van der Waals surface area contributed by atoms with Crippen molar-refractivity contribution >= 4 is 11.9 Å².